The largest absolute Gasteiger partial charge is 0.493 e. The number of hydrogen-bond donors (Lipinski definition) is 1. The highest BCUT2D eigenvalue weighted by Crippen LogP contribution is 2.35. The van der Waals surface area contributed by atoms with Gasteiger partial charge in [-0.25, -0.2) is 5.43 Å². The third-order valence-electron chi connectivity index (χ3n) is 3.33. The van der Waals surface area contributed by atoms with Crippen LogP contribution >= 0.6 is 11.6 Å². The summed E-state index contributed by atoms with van der Waals surface area (Å²) < 4.78 is 15.6. The molecule has 1 aromatic carbocycles. The number of carbonyl (C=O) groups excluding carboxylic acids is 1. The van der Waals surface area contributed by atoms with Crippen LogP contribution in [0.25, 0.3) is 0 Å². The molecule has 0 aliphatic carbocycles. The molecule has 1 aliphatic rings. The fourth-order valence-electron chi connectivity index (χ4n) is 2.19. The first-order valence-electron chi connectivity index (χ1n) is 7.17. The number of hydrazone groups is 1. The first-order valence-corrected chi connectivity index (χ1v) is 7.55. The van der Waals surface area contributed by atoms with Crippen LogP contribution < -0.4 is 14.9 Å². The Hall–Kier alpha value is -1.83. The van der Waals surface area contributed by atoms with Crippen LogP contribution in [0, 0.1) is 0 Å². The van der Waals surface area contributed by atoms with Crippen LogP contribution in [0.15, 0.2) is 17.2 Å². The van der Waals surface area contributed by atoms with Crippen LogP contribution in [0.5, 0.6) is 11.5 Å². The lowest BCUT2D eigenvalue weighted by Gasteiger charge is -2.25. The van der Waals surface area contributed by atoms with E-state index in [-0.39, 0.29) is 5.91 Å². The third-order valence-corrected chi connectivity index (χ3v) is 3.61. The minimum atomic E-state index is -0.172. The van der Waals surface area contributed by atoms with Gasteiger partial charge in [0.1, 0.15) is 0 Å². The predicted molar refractivity (Wildman–Crippen MR) is 87.6 cm³/mol. The van der Waals surface area contributed by atoms with E-state index in [9.17, 15) is 4.79 Å². The molecular formula is C15H20ClN3O4. The zero-order chi connectivity index (χ0) is 16.7. The van der Waals surface area contributed by atoms with Crippen LogP contribution in [0.1, 0.15) is 5.56 Å². The van der Waals surface area contributed by atoms with E-state index < -0.39 is 0 Å². The van der Waals surface area contributed by atoms with Crippen molar-refractivity contribution in [2.75, 3.05) is 47.1 Å². The number of methoxy groups -OCH3 is 2. The first kappa shape index (κ1) is 17.5. The zero-order valence-electron chi connectivity index (χ0n) is 13.2. The molecule has 1 N–H and O–H groups in total. The molecule has 1 aromatic rings. The average Bonchev–Trinajstić information content (AvgIpc) is 2.55. The Morgan fingerprint density at radius 1 is 1.39 bits per heavy atom. The molecule has 2 rings (SSSR count). The fraction of sp³-hybridized carbons (Fsp3) is 0.467. The highest BCUT2D eigenvalue weighted by Gasteiger charge is 2.13. The van der Waals surface area contributed by atoms with Crippen LogP contribution in [0.3, 0.4) is 0 Å². The van der Waals surface area contributed by atoms with Crippen molar-refractivity contribution in [1.29, 1.82) is 0 Å². The topological polar surface area (TPSA) is 72.4 Å². The molecule has 1 aliphatic heterocycles. The van der Waals surface area contributed by atoms with E-state index in [4.69, 9.17) is 25.8 Å². The van der Waals surface area contributed by atoms with Gasteiger partial charge in [0.05, 0.1) is 45.2 Å². The summed E-state index contributed by atoms with van der Waals surface area (Å²) in [6, 6.07) is 3.41. The van der Waals surface area contributed by atoms with Crippen molar-refractivity contribution in [3.05, 3.63) is 22.7 Å². The number of hydrogen-bond acceptors (Lipinski definition) is 6. The lowest BCUT2D eigenvalue weighted by molar-refractivity contribution is -0.123. The van der Waals surface area contributed by atoms with Crippen LogP contribution in [-0.4, -0.2) is 64.1 Å². The minimum Gasteiger partial charge on any atom is -0.493 e. The molecule has 0 radical (unpaired) electrons. The summed E-state index contributed by atoms with van der Waals surface area (Å²) >= 11 is 6.11. The maximum Gasteiger partial charge on any atom is 0.254 e. The summed E-state index contributed by atoms with van der Waals surface area (Å²) in [6.45, 7) is 3.11. The van der Waals surface area contributed by atoms with E-state index >= 15 is 0 Å². The van der Waals surface area contributed by atoms with E-state index in [0.29, 0.717) is 41.8 Å². The molecule has 0 spiro atoms. The van der Waals surface area contributed by atoms with Gasteiger partial charge in [0.15, 0.2) is 11.5 Å². The Balaban J connectivity index is 1.92. The number of rotatable bonds is 6. The quantitative estimate of drug-likeness (QED) is 0.620. The molecule has 1 fully saturated rings. The number of ether oxygens (including phenoxy) is 3. The summed E-state index contributed by atoms with van der Waals surface area (Å²) in [5, 5.41) is 4.35. The number of nitrogens with zero attached hydrogens (tertiary/aromatic N) is 2. The van der Waals surface area contributed by atoms with Crippen LogP contribution in [0.2, 0.25) is 5.02 Å². The third kappa shape index (κ3) is 5.09. The van der Waals surface area contributed by atoms with Gasteiger partial charge in [0.25, 0.3) is 5.91 Å². The van der Waals surface area contributed by atoms with Crippen molar-refractivity contribution >= 4 is 23.7 Å². The van der Waals surface area contributed by atoms with E-state index in [1.807, 2.05) is 4.90 Å². The number of halogens is 1. The highest BCUT2D eigenvalue weighted by atomic mass is 35.5. The van der Waals surface area contributed by atoms with Crippen molar-refractivity contribution in [3.8, 4) is 11.5 Å². The van der Waals surface area contributed by atoms with Gasteiger partial charge < -0.3 is 14.2 Å². The number of amides is 1. The Bertz CT molecular complexity index is 574. The zero-order valence-corrected chi connectivity index (χ0v) is 13.9. The Labute approximate surface area is 140 Å². The smallest absolute Gasteiger partial charge is 0.254 e. The minimum absolute atomic E-state index is 0.172. The van der Waals surface area contributed by atoms with Crippen LogP contribution in [0.4, 0.5) is 0 Å². The van der Waals surface area contributed by atoms with E-state index in [2.05, 4.69) is 10.5 Å². The van der Waals surface area contributed by atoms with Crippen molar-refractivity contribution in [2.45, 2.75) is 0 Å². The molecule has 0 atom stereocenters. The summed E-state index contributed by atoms with van der Waals surface area (Å²) in [4.78, 5) is 13.8. The molecule has 1 heterocycles. The summed E-state index contributed by atoms with van der Waals surface area (Å²) in [5.74, 6) is 0.790. The standard InChI is InChI=1S/C15H20ClN3O4/c1-21-13-8-11(7-12(16)15(13)22-2)9-17-18-14(20)10-19-3-5-23-6-4-19/h7-9H,3-6,10H2,1-2H3,(H,18,20)/b17-9-. The fourth-order valence-corrected chi connectivity index (χ4v) is 2.49. The second kappa shape index (κ2) is 8.71. The molecule has 1 saturated heterocycles. The Kier molecular flexibility index (Phi) is 6.64. The molecule has 8 heteroatoms. The highest BCUT2D eigenvalue weighted by molar-refractivity contribution is 6.32. The van der Waals surface area contributed by atoms with Gasteiger partial charge in [-0.15, -0.1) is 0 Å². The normalized spacial score (nSPS) is 15.6. The molecule has 1 amide bonds. The molecule has 0 aromatic heterocycles. The van der Waals surface area contributed by atoms with Crippen LogP contribution in [-0.2, 0) is 9.53 Å². The predicted octanol–water partition coefficient (Wildman–Crippen LogP) is 1.14. The van der Waals surface area contributed by atoms with Gasteiger partial charge >= 0.3 is 0 Å². The van der Waals surface area contributed by atoms with Crippen molar-refractivity contribution in [3.63, 3.8) is 0 Å². The molecule has 23 heavy (non-hydrogen) atoms. The van der Waals surface area contributed by atoms with Gasteiger partial charge in [-0.2, -0.15) is 5.10 Å². The molecule has 0 bridgehead atoms. The van der Waals surface area contributed by atoms with E-state index in [0.717, 1.165) is 13.1 Å². The van der Waals surface area contributed by atoms with Crippen molar-refractivity contribution < 1.29 is 19.0 Å². The molecule has 0 saturated carbocycles. The van der Waals surface area contributed by atoms with E-state index in [1.54, 1.807) is 12.1 Å². The van der Waals surface area contributed by atoms with Crippen molar-refractivity contribution in [1.82, 2.24) is 10.3 Å². The molecular weight excluding hydrogens is 322 g/mol. The summed E-state index contributed by atoms with van der Waals surface area (Å²) in [7, 11) is 3.04. The van der Waals surface area contributed by atoms with Crippen molar-refractivity contribution in [2.24, 2.45) is 5.10 Å². The lowest BCUT2D eigenvalue weighted by Crippen LogP contribution is -2.42. The summed E-state index contributed by atoms with van der Waals surface area (Å²) in [5.41, 5.74) is 3.19. The van der Waals surface area contributed by atoms with E-state index in [1.165, 1.54) is 20.4 Å². The Morgan fingerprint density at radius 2 is 2.13 bits per heavy atom. The monoisotopic (exact) mass is 341 g/mol. The van der Waals surface area contributed by atoms with Gasteiger partial charge in [-0.05, 0) is 17.7 Å². The summed E-state index contributed by atoms with van der Waals surface area (Å²) in [6.07, 6.45) is 1.51. The SMILES string of the molecule is COc1cc(/C=N\NC(=O)CN2CCOCC2)cc(Cl)c1OC. The van der Waals surface area contributed by atoms with Gasteiger partial charge in [0.2, 0.25) is 0 Å². The molecule has 0 unspecified atom stereocenters. The average molecular weight is 342 g/mol. The maximum absolute atomic E-state index is 11.8. The molecule has 7 nitrogen and oxygen atoms in total. The number of benzene rings is 1. The second-order valence-corrected chi connectivity index (χ2v) is 5.33. The maximum atomic E-state index is 11.8. The first-order chi connectivity index (χ1) is 11.1. The van der Waals surface area contributed by atoms with Gasteiger partial charge in [-0.1, -0.05) is 11.6 Å². The lowest BCUT2D eigenvalue weighted by atomic mass is 10.2. The number of morpholine rings is 1. The molecule has 126 valence electrons. The van der Waals surface area contributed by atoms with Gasteiger partial charge in [0, 0.05) is 13.1 Å². The number of carbonyl (C=O) groups is 1. The second-order valence-electron chi connectivity index (χ2n) is 4.92. The van der Waals surface area contributed by atoms with Gasteiger partial charge in [-0.3, -0.25) is 9.69 Å². The number of nitrogens with one attached hydrogen (secondary N) is 1. The Morgan fingerprint density at radius 3 is 2.78 bits per heavy atom.